The summed E-state index contributed by atoms with van der Waals surface area (Å²) in [5, 5.41) is 19.1. The van der Waals surface area contributed by atoms with Crippen LogP contribution in [-0.4, -0.2) is 63.3 Å². The van der Waals surface area contributed by atoms with E-state index in [-0.39, 0.29) is 6.17 Å². The fraction of sp³-hybridized carbons (Fsp3) is 0.273. The minimum absolute atomic E-state index is 0.00518. The molecule has 0 spiro atoms. The molecular formula is C22H23N7O. The van der Waals surface area contributed by atoms with Gasteiger partial charge in [-0.2, -0.15) is 15.3 Å². The lowest BCUT2D eigenvalue weighted by Crippen LogP contribution is -2.39. The number of benzene rings is 1. The van der Waals surface area contributed by atoms with Crippen molar-refractivity contribution in [3.05, 3.63) is 72.2 Å². The SMILES string of the molecule is COCCn1cc(C2=NN3C(Cc4ccc5ncccc5c4)=NN(C)C3C=C2)cn1. The predicted molar refractivity (Wildman–Crippen MR) is 116 cm³/mol. The summed E-state index contributed by atoms with van der Waals surface area (Å²) in [6.07, 6.45) is 10.5. The molecule has 8 heteroatoms. The number of amidine groups is 1. The minimum Gasteiger partial charge on any atom is -0.383 e. The van der Waals surface area contributed by atoms with Crippen molar-refractivity contribution >= 4 is 22.5 Å². The second-order valence-corrected chi connectivity index (χ2v) is 7.38. The molecule has 2 aliphatic heterocycles. The number of hydrazone groups is 2. The molecule has 2 aliphatic rings. The third-order valence-corrected chi connectivity index (χ3v) is 5.30. The number of ether oxygens (including phenoxy) is 1. The van der Waals surface area contributed by atoms with Crippen molar-refractivity contribution in [2.24, 2.45) is 10.2 Å². The summed E-state index contributed by atoms with van der Waals surface area (Å²) in [6.45, 7) is 1.34. The molecule has 0 aliphatic carbocycles. The van der Waals surface area contributed by atoms with Gasteiger partial charge in [-0.15, -0.1) is 0 Å². The number of nitrogens with zero attached hydrogens (tertiary/aromatic N) is 7. The van der Waals surface area contributed by atoms with Crippen LogP contribution in [0.2, 0.25) is 0 Å². The van der Waals surface area contributed by atoms with Crippen LogP contribution in [0.25, 0.3) is 10.9 Å². The van der Waals surface area contributed by atoms with Gasteiger partial charge in [0.05, 0.1) is 30.6 Å². The van der Waals surface area contributed by atoms with Crippen molar-refractivity contribution in [1.29, 1.82) is 0 Å². The predicted octanol–water partition coefficient (Wildman–Crippen LogP) is 2.48. The van der Waals surface area contributed by atoms with E-state index in [1.54, 1.807) is 7.11 Å². The van der Waals surface area contributed by atoms with E-state index in [0.717, 1.165) is 28.0 Å². The molecular weight excluding hydrogens is 378 g/mol. The smallest absolute Gasteiger partial charge is 0.159 e. The molecule has 1 atom stereocenters. The number of fused-ring (bicyclic) bond motifs is 2. The first-order valence-corrected chi connectivity index (χ1v) is 9.93. The van der Waals surface area contributed by atoms with Crippen molar-refractivity contribution in [3.63, 3.8) is 0 Å². The molecule has 5 rings (SSSR count). The molecule has 1 unspecified atom stereocenters. The van der Waals surface area contributed by atoms with E-state index in [2.05, 4.69) is 40.4 Å². The van der Waals surface area contributed by atoms with E-state index < -0.39 is 0 Å². The highest BCUT2D eigenvalue weighted by Gasteiger charge is 2.32. The molecule has 0 fully saturated rings. The molecule has 0 amide bonds. The molecule has 1 aromatic carbocycles. The molecule has 3 aromatic rings. The van der Waals surface area contributed by atoms with Crippen LogP contribution >= 0.6 is 0 Å². The van der Waals surface area contributed by atoms with Gasteiger partial charge in [-0.25, -0.2) is 5.01 Å². The monoisotopic (exact) mass is 401 g/mol. The van der Waals surface area contributed by atoms with Crippen LogP contribution in [0.4, 0.5) is 0 Å². The highest BCUT2D eigenvalue weighted by atomic mass is 16.5. The summed E-state index contributed by atoms with van der Waals surface area (Å²) in [5.41, 5.74) is 4.03. The van der Waals surface area contributed by atoms with Crippen LogP contribution in [0.15, 0.2) is 71.3 Å². The first-order valence-electron chi connectivity index (χ1n) is 9.93. The van der Waals surface area contributed by atoms with Crippen molar-refractivity contribution in [1.82, 2.24) is 24.8 Å². The Bertz CT molecular complexity index is 1160. The molecule has 152 valence electrons. The average molecular weight is 401 g/mol. The van der Waals surface area contributed by atoms with Gasteiger partial charge in [0.2, 0.25) is 0 Å². The fourth-order valence-electron chi connectivity index (χ4n) is 3.74. The van der Waals surface area contributed by atoms with Gasteiger partial charge in [-0.3, -0.25) is 14.7 Å². The number of likely N-dealkylation sites (N-methyl/N-ethyl adjacent to an activating group) is 1. The van der Waals surface area contributed by atoms with E-state index in [1.165, 1.54) is 5.56 Å². The quantitative estimate of drug-likeness (QED) is 0.635. The number of methoxy groups -OCH3 is 1. The Balaban J connectivity index is 1.39. The second-order valence-electron chi connectivity index (χ2n) is 7.38. The zero-order chi connectivity index (χ0) is 20.5. The molecule has 0 radical (unpaired) electrons. The van der Waals surface area contributed by atoms with Crippen molar-refractivity contribution < 1.29 is 4.74 Å². The Labute approximate surface area is 174 Å². The first-order chi connectivity index (χ1) is 14.7. The molecule has 0 bridgehead atoms. The number of hydrogen-bond donors (Lipinski definition) is 0. The van der Waals surface area contributed by atoms with E-state index in [4.69, 9.17) is 14.9 Å². The Kier molecular flexibility index (Phi) is 4.76. The normalized spacial score (nSPS) is 18.0. The third kappa shape index (κ3) is 3.46. The van der Waals surface area contributed by atoms with Gasteiger partial charge in [0.15, 0.2) is 12.0 Å². The maximum absolute atomic E-state index is 5.13. The van der Waals surface area contributed by atoms with Crippen molar-refractivity contribution in [2.75, 3.05) is 20.8 Å². The summed E-state index contributed by atoms with van der Waals surface area (Å²) in [6, 6.07) is 10.4. The zero-order valence-corrected chi connectivity index (χ0v) is 17.0. The lowest BCUT2D eigenvalue weighted by atomic mass is 10.1. The summed E-state index contributed by atoms with van der Waals surface area (Å²) < 4.78 is 7.00. The number of aromatic nitrogens is 3. The standard InChI is InChI=1S/C22H23N7O/c1-27-22-8-7-20(18-14-24-28(15-18)10-11-30-2)25-29(22)21(26-27)13-16-5-6-19-17(12-16)4-3-9-23-19/h3-9,12,14-15,22H,10-11,13H2,1-2H3. The summed E-state index contributed by atoms with van der Waals surface area (Å²) >= 11 is 0. The molecule has 30 heavy (non-hydrogen) atoms. The maximum atomic E-state index is 5.13. The lowest BCUT2D eigenvalue weighted by Gasteiger charge is -2.27. The van der Waals surface area contributed by atoms with Gasteiger partial charge >= 0.3 is 0 Å². The van der Waals surface area contributed by atoms with E-state index in [9.17, 15) is 0 Å². The zero-order valence-electron chi connectivity index (χ0n) is 17.0. The van der Waals surface area contributed by atoms with Crippen LogP contribution in [0.5, 0.6) is 0 Å². The van der Waals surface area contributed by atoms with E-state index in [0.29, 0.717) is 19.6 Å². The lowest BCUT2D eigenvalue weighted by molar-refractivity contribution is 0.183. The van der Waals surface area contributed by atoms with Gasteiger partial charge in [-0.1, -0.05) is 12.1 Å². The van der Waals surface area contributed by atoms with E-state index in [1.807, 2.05) is 52.5 Å². The van der Waals surface area contributed by atoms with Crippen LogP contribution in [0.1, 0.15) is 11.1 Å². The number of hydrogen-bond acceptors (Lipinski definition) is 7. The summed E-state index contributed by atoms with van der Waals surface area (Å²) in [7, 11) is 3.66. The van der Waals surface area contributed by atoms with Crippen LogP contribution in [0.3, 0.4) is 0 Å². The molecule has 0 saturated carbocycles. The second kappa shape index (κ2) is 7.72. The van der Waals surface area contributed by atoms with E-state index >= 15 is 0 Å². The number of rotatable bonds is 6. The van der Waals surface area contributed by atoms with Crippen molar-refractivity contribution in [3.8, 4) is 0 Å². The van der Waals surface area contributed by atoms with Crippen molar-refractivity contribution in [2.45, 2.75) is 19.1 Å². The Morgan fingerprint density at radius 1 is 1.17 bits per heavy atom. The molecule has 4 heterocycles. The minimum atomic E-state index is -0.00518. The fourth-order valence-corrected chi connectivity index (χ4v) is 3.74. The Hall–Kier alpha value is -3.52. The van der Waals surface area contributed by atoms with Gasteiger partial charge < -0.3 is 4.74 Å². The molecule has 0 N–H and O–H groups in total. The van der Waals surface area contributed by atoms with Gasteiger partial charge in [0.25, 0.3) is 0 Å². The number of allylic oxidation sites excluding steroid dienone is 1. The van der Waals surface area contributed by atoms with Crippen LogP contribution < -0.4 is 0 Å². The topological polar surface area (TPSA) is 71.1 Å². The molecule has 2 aromatic heterocycles. The van der Waals surface area contributed by atoms with Crippen LogP contribution in [0, 0.1) is 0 Å². The summed E-state index contributed by atoms with van der Waals surface area (Å²) in [4.78, 5) is 4.40. The summed E-state index contributed by atoms with van der Waals surface area (Å²) in [5.74, 6) is 0.916. The van der Waals surface area contributed by atoms with Gasteiger partial charge in [-0.05, 0) is 35.9 Å². The van der Waals surface area contributed by atoms with Gasteiger partial charge in [0, 0.05) is 43.9 Å². The maximum Gasteiger partial charge on any atom is 0.159 e. The molecule has 0 saturated heterocycles. The Morgan fingerprint density at radius 2 is 2.10 bits per heavy atom. The van der Waals surface area contributed by atoms with Gasteiger partial charge in [0.1, 0.15) is 0 Å². The Morgan fingerprint density at radius 3 is 3.00 bits per heavy atom. The average Bonchev–Trinajstić information content (AvgIpc) is 3.37. The number of pyridine rings is 1. The highest BCUT2D eigenvalue weighted by Crippen LogP contribution is 2.24. The first kappa shape index (κ1) is 18.5. The van der Waals surface area contributed by atoms with Crippen LogP contribution in [-0.2, 0) is 17.7 Å². The third-order valence-electron chi connectivity index (χ3n) is 5.30. The highest BCUT2D eigenvalue weighted by molar-refractivity contribution is 6.09. The molecule has 8 nitrogen and oxygen atoms in total. The largest absolute Gasteiger partial charge is 0.383 e.